The predicted molar refractivity (Wildman–Crippen MR) is 41.6 cm³/mol. The summed E-state index contributed by atoms with van der Waals surface area (Å²) in [5.74, 6) is 0. The first kappa shape index (κ1) is 7.76. The lowest BCUT2D eigenvalue weighted by atomic mass is 9.88. The summed E-state index contributed by atoms with van der Waals surface area (Å²) in [6, 6.07) is -0.0382. The molecule has 0 heterocycles. The minimum absolute atomic E-state index is 0.0382. The second kappa shape index (κ2) is 2.72. The molecular weight excluding hydrogens is 126 g/mol. The van der Waals surface area contributed by atoms with Crippen LogP contribution in [-0.2, 0) is 0 Å². The Balaban J connectivity index is 2.69. The molecule has 0 aromatic rings. The Bertz CT molecular complexity index is 145. The maximum atomic E-state index is 9.31. The van der Waals surface area contributed by atoms with E-state index in [0.29, 0.717) is 0 Å². The quantitative estimate of drug-likeness (QED) is 0.490. The predicted octanol–water partition coefficient (Wildman–Crippen LogP) is 0.805. The molecule has 0 spiro atoms. The van der Waals surface area contributed by atoms with E-state index in [1.54, 1.807) is 0 Å². The van der Waals surface area contributed by atoms with Gasteiger partial charge in [0.25, 0.3) is 0 Å². The van der Waals surface area contributed by atoms with Gasteiger partial charge in [-0.15, -0.1) is 0 Å². The van der Waals surface area contributed by atoms with Crippen LogP contribution in [-0.4, -0.2) is 17.3 Å². The molecule has 58 valence electrons. The fourth-order valence-corrected chi connectivity index (χ4v) is 1.30. The van der Waals surface area contributed by atoms with Crippen LogP contribution in [0.3, 0.4) is 0 Å². The highest BCUT2D eigenvalue weighted by Crippen LogP contribution is 2.23. The van der Waals surface area contributed by atoms with Gasteiger partial charge in [0.05, 0.1) is 6.10 Å². The van der Waals surface area contributed by atoms with E-state index in [4.69, 9.17) is 5.73 Å². The van der Waals surface area contributed by atoms with E-state index in [0.717, 1.165) is 12.8 Å². The molecule has 0 saturated carbocycles. The molecule has 1 aliphatic carbocycles. The first-order chi connectivity index (χ1) is 4.61. The van der Waals surface area contributed by atoms with Crippen LogP contribution in [0.4, 0.5) is 0 Å². The largest absolute Gasteiger partial charge is 0.391 e. The number of hydrogen-bond acceptors (Lipinski definition) is 2. The fraction of sp³-hybridized carbons (Fsp3) is 0.750. The monoisotopic (exact) mass is 141 g/mol. The van der Waals surface area contributed by atoms with Crippen molar-refractivity contribution in [2.45, 2.75) is 38.8 Å². The van der Waals surface area contributed by atoms with Crippen LogP contribution < -0.4 is 5.73 Å². The van der Waals surface area contributed by atoms with E-state index in [2.05, 4.69) is 13.8 Å². The summed E-state index contributed by atoms with van der Waals surface area (Å²) in [5.41, 5.74) is 8.29. The molecular formula is C8H15NO. The molecule has 2 atom stereocenters. The Kier molecular flexibility index (Phi) is 2.11. The van der Waals surface area contributed by atoms with Gasteiger partial charge in [0.2, 0.25) is 0 Å². The van der Waals surface area contributed by atoms with Crippen molar-refractivity contribution >= 4 is 0 Å². The molecule has 0 saturated heterocycles. The van der Waals surface area contributed by atoms with Gasteiger partial charge < -0.3 is 10.8 Å². The summed E-state index contributed by atoms with van der Waals surface area (Å²) in [5, 5.41) is 9.31. The minimum Gasteiger partial charge on any atom is -0.391 e. The molecule has 0 aliphatic heterocycles. The van der Waals surface area contributed by atoms with Crippen molar-refractivity contribution in [3.8, 4) is 0 Å². The Morgan fingerprint density at radius 1 is 1.30 bits per heavy atom. The topological polar surface area (TPSA) is 46.2 Å². The Labute approximate surface area is 61.7 Å². The minimum atomic E-state index is -0.316. The van der Waals surface area contributed by atoms with Crippen molar-refractivity contribution in [1.82, 2.24) is 0 Å². The van der Waals surface area contributed by atoms with Crippen LogP contribution in [0.1, 0.15) is 26.7 Å². The van der Waals surface area contributed by atoms with Crippen molar-refractivity contribution in [1.29, 1.82) is 0 Å². The third kappa shape index (κ3) is 1.39. The molecule has 1 aliphatic rings. The van der Waals surface area contributed by atoms with E-state index < -0.39 is 0 Å². The summed E-state index contributed by atoms with van der Waals surface area (Å²) < 4.78 is 0. The van der Waals surface area contributed by atoms with Crippen LogP contribution in [0.15, 0.2) is 11.1 Å². The summed E-state index contributed by atoms with van der Waals surface area (Å²) in [4.78, 5) is 0. The van der Waals surface area contributed by atoms with E-state index in [-0.39, 0.29) is 12.1 Å². The summed E-state index contributed by atoms with van der Waals surface area (Å²) in [6.45, 7) is 4.14. The molecule has 0 radical (unpaired) electrons. The number of hydrogen-bond donors (Lipinski definition) is 2. The molecule has 0 unspecified atom stereocenters. The molecule has 3 N–H and O–H groups in total. The Morgan fingerprint density at radius 2 is 1.80 bits per heavy atom. The van der Waals surface area contributed by atoms with Crippen LogP contribution in [0.2, 0.25) is 0 Å². The molecule has 0 aromatic heterocycles. The SMILES string of the molecule is CC1=C(C)C[C@@H](O)[C@H](N)C1. The highest BCUT2D eigenvalue weighted by atomic mass is 16.3. The van der Waals surface area contributed by atoms with Gasteiger partial charge in [-0.25, -0.2) is 0 Å². The molecule has 0 aromatic carbocycles. The van der Waals surface area contributed by atoms with Crippen LogP contribution in [0.25, 0.3) is 0 Å². The smallest absolute Gasteiger partial charge is 0.0731 e. The number of aliphatic hydroxyl groups excluding tert-OH is 1. The van der Waals surface area contributed by atoms with Gasteiger partial charge >= 0.3 is 0 Å². The van der Waals surface area contributed by atoms with Gasteiger partial charge in [-0.2, -0.15) is 0 Å². The van der Waals surface area contributed by atoms with Crippen LogP contribution in [0.5, 0.6) is 0 Å². The standard InChI is InChI=1S/C8H15NO/c1-5-3-7(9)8(10)4-6(5)2/h7-8,10H,3-4,9H2,1-2H3/t7-,8-/m1/s1. The van der Waals surface area contributed by atoms with E-state index in [9.17, 15) is 5.11 Å². The first-order valence-electron chi connectivity index (χ1n) is 3.70. The highest BCUT2D eigenvalue weighted by Gasteiger charge is 2.21. The van der Waals surface area contributed by atoms with Crippen LogP contribution in [0, 0.1) is 0 Å². The molecule has 0 bridgehead atoms. The maximum Gasteiger partial charge on any atom is 0.0731 e. The van der Waals surface area contributed by atoms with Gasteiger partial charge in [0, 0.05) is 6.04 Å². The molecule has 2 nitrogen and oxygen atoms in total. The molecule has 0 fully saturated rings. The van der Waals surface area contributed by atoms with Crippen molar-refractivity contribution < 1.29 is 5.11 Å². The average molecular weight is 141 g/mol. The Hall–Kier alpha value is -0.340. The maximum absolute atomic E-state index is 9.31. The zero-order chi connectivity index (χ0) is 7.72. The molecule has 0 amide bonds. The van der Waals surface area contributed by atoms with Crippen molar-refractivity contribution in [2.24, 2.45) is 5.73 Å². The molecule has 1 rings (SSSR count). The van der Waals surface area contributed by atoms with E-state index in [1.807, 2.05) is 0 Å². The number of aliphatic hydroxyl groups is 1. The van der Waals surface area contributed by atoms with Crippen LogP contribution >= 0.6 is 0 Å². The first-order valence-corrected chi connectivity index (χ1v) is 3.70. The van der Waals surface area contributed by atoms with Gasteiger partial charge in [-0.3, -0.25) is 0 Å². The molecule has 2 heteroatoms. The second-order valence-electron chi connectivity index (χ2n) is 3.20. The lowest BCUT2D eigenvalue weighted by Gasteiger charge is -2.26. The summed E-state index contributed by atoms with van der Waals surface area (Å²) in [6.07, 6.45) is 1.30. The van der Waals surface area contributed by atoms with E-state index in [1.165, 1.54) is 11.1 Å². The zero-order valence-electron chi connectivity index (χ0n) is 6.59. The van der Waals surface area contributed by atoms with Crippen molar-refractivity contribution in [3.63, 3.8) is 0 Å². The molecule has 10 heavy (non-hydrogen) atoms. The Morgan fingerprint density at radius 3 is 2.30 bits per heavy atom. The third-order valence-corrected chi connectivity index (χ3v) is 2.28. The van der Waals surface area contributed by atoms with Gasteiger partial charge in [0.15, 0.2) is 0 Å². The number of nitrogens with two attached hydrogens (primary N) is 1. The highest BCUT2D eigenvalue weighted by molar-refractivity contribution is 5.16. The van der Waals surface area contributed by atoms with E-state index >= 15 is 0 Å². The van der Waals surface area contributed by atoms with Crippen molar-refractivity contribution in [2.75, 3.05) is 0 Å². The average Bonchev–Trinajstić information content (AvgIpc) is 1.84. The zero-order valence-corrected chi connectivity index (χ0v) is 6.59. The normalized spacial score (nSPS) is 34.8. The second-order valence-corrected chi connectivity index (χ2v) is 3.20. The summed E-state index contributed by atoms with van der Waals surface area (Å²) in [7, 11) is 0. The van der Waals surface area contributed by atoms with Gasteiger partial charge in [-0.05, 0) is 26.7 Å². The lowest BCUT2D eigenvalue weighted by molar-refractivity contribution is 0.137. The third-order valence-electron chi connectivity index (χ3n) is 2.28. The lowest BCUT2D eigenvalue weighted by Crippen LogP contribution is -2.37. The summed E-state index contributed by atoms with van der Waals surface area (Å²) >= 11 is 0. The fourth-order valence-electron chi connectivity index (χ4n) is 1.30. The van der Waals surface area contributed by atoms with Gasteiger partial charge in [-0.1, -0.05) is 11.1 Å². The van der Waals surface area contributed by atoms with Crippen molar-refractivity contribution in [3.05, 3.63) is 11.1 Å². The van der Waals surface area contributed by atoms with Gasteiger partial charge in [0.1, 0.15) is 0 Å². The number of rotatable bonds is 0.